The monoisotopic (exact) mass is 748 g/mol. The van der Waals surface area contributed by atoms with Gasteiger partial charge in [0, 0.05) is 16.7 Å². The molecule has 2 aliphatic rings. The molecule has 2 aliphatic heterocycles. The first-order valence-electron chi connectivity index (χ1n) is 12.7. The van der Waals surface area contributed by atoms with E-state index in [0.717, 1.165) is 10.8 Å². The minimum Gasteiger partial charge on any atom is -0.548 e. The Kier molecular flexibility index (Phi) is 25.9. The van der Waals surface area contributed by atoms with Gasteiger partial charge in [0.25, 0.3) is 0 Å². The Morgan fingerprint density at radius 2 is 1.27 bits per heavy atom. The zero-order valence-electron chi connectivity index (χ0n) is 26.1. The summed E-state index contributed by atoms with van der Waals surface area (Å²) in [5, 5.41) is 27.6. The van der Waals surface area contributed by atoms with Gasteiger partial charge < -0.3 is 49.8 Å². The number of carboxylic acids is 3. The van der Waals surface area contributed by atoms with Crippen LogP contribution in [0.1, 0.15) is 37.5 Å². The average molecular weight is 749 g/mol. The summed E-state index contributed by atoms with van der Waals surface area (Å²) >= 11 is 12.8. The van der Waals surface area contributed by atoms with Crippen molar-refractivity contribution in [3.63, 3.8) is 0 Å². The summed E-state index contributed by atoms with van der Waals surface area (Å²) in [6.07, 6.45) is -0.176. The van der Waals surface area contributed by atoms with E-state index in [1.165, 1.54) is 24.3 Å². The average Bonchev–Trinajstić information content (AvgIpc) is 3.02. The van der Waals surface area contributed by atoms with Crippen LogP contribution in [0.2, 0.25) is 0 Å². The Hall–Kier alpha value is -1.43. The van der Waals surface area contributed by atoms with Crippen LogP contribution in [-0.4, -0.2) is 54.4 Å². The number of Topliss-reactive ketones (excluding diaryl/α,β-unsaturated/α-hetero) is 2. The van der Waals surface area contributed by atoms with Crippen LogP contribution in [0.4, 0.5) is 0 Å². The van der Waals surface area contributed by atoms with E-state index in [4.69, 9.17) is 5.11 Å². The van der Waals surface area contributed by atoms with E-state index in [2.05, 4.69) is 37.5 Å². The van der Waals surface area contributed by atoms with Crippen LogP contribution in [-0.2, 0) is 27.0 Å². The van der Waals surface area contributed by atoms with E-state index in [0.29, 0.717) is 22.9 Å². The number of hydrogen-bond acceptors (Lipinski definition) is 12. The number of ketones is 2. The molecule has 16 heteroatoms. The molecule has 4 aromatic carbocycles. The van der Waals surface area contributed by atoms with Gasteiger partial charge in [-0.1, -0.05) is 103 Å². The molecule has 0 radical (unpaired) electrons. The molecule has 0 spiro atoms. The van der Waals surface area contributed by atoms with Gasteiger partial charge in [0.15, 0.2) is 11.6 Å². The first kappa shape index (κ1) is 48.7. The number of aliphatic carboxylic acids is 3. The van der Waals surface area contributed by atoms with Gasteiger partial charge in [0.1, 0.15) is 10.5 Å². The summed E-state index contributed by atoms with van der Waals surface area (Å²) in [7, 11) is 0. The summed E-state index contributed by atoms with van der Waals surface area (Å²) in [5.74, 6) is -5.11. The summed E-state index contributed by atoms with van der Waals surface area (Å²) in [6, 6.07) is 30.4. The second kappa shape index (κ2) is 25.5. The number of carbonyl (C=O) groups excluding carboxylic acids is 5. The molecule has 0 aliphatic carbocycles. The fraction of sp³-hybridized carbons (Fsp3) is 0.0938. The Labute approximate surface area is 363 Å². The molecule has 2 atom stereocenters. The molecule has 0 fully saturated rings. The van der Waals surface area contributed by atoms with E-state index in [1.807, 2.05) is 54.6 Å². The second-order valence-electron chi connectivity index (χ2n) is 8.76. The third-order valence-corrected chi connectivity index (χ3v) is 7.40. The van der Waals surface area contributed by atoms with E-state index >= 15 is 0 Å². The van der Waals surface area contributed by atoms with Crippen LogP contribution in [0.15, 0.2) is 103 Å². The van der Waals surface area contributed by atoms with Crippen molar-refractivity contribution in [3.8, 4) is 0 Å². The van der Waals surface area contributed by atoms with Crippen molar-refractivity contribution in [2.75, 3.05) is 0 Å². The standard InChI is InChI=1S/C13H10O3S.C10H6O4S.C6H6.C3H4O2S2.3Na/c14-11(12(17)13(15)16)10-7-3-5-8-4-1-2-6-9(8)10;11-7-5-1-3-6(4-2-5)10(14)15-8(7)9(12)13;1-2-4-6-5-3-1;4-2(5)1-3(6)7;;;/h1-7,12,17H,(H,15,16);1-4,8H,(H,12,13);1-6H;1H2,(H,4,5)(H,6,7);;;/q;;;;3*+1/p-3. The number of hydrogen-bond donors (Lipinski definition) is 2. The van der Waals surface area contributed by atoms with Crippen molar-refractivity contribution >= 4 is 98.8 Å². The molecule has 2 heterocycles. The molecule has 2 unspecified atom stereocenters. The molecule has 4 aromatic rings. The van der Waals surface area contributed by atoms with E-state index in [1.54, 1.807) is 24.3 Å². The van der Waals surface area contributed by atoms with Crippen LogP contribution >= 0.6 is 36.6 Å². The van der Waals surface area contributed by atoms with Crippen LogP contribution in [0.25, 0.3) is 10.8 Å². The topological polar surface area (TPSA) is 169 Å². The molecule has 48 heavy (non-hydrogen) atoms. The maximum atomic E-state index is 11.9. The van der Waals surface area contributed by atoms with Crippen molar-refractivity contribution in [2.45, 2.75) is 16.9 Å². The van der Waals surface area contributed by atoms with E-state index in [9.17, 15) is 39.0 Å². The van der Waals surface area contributed by atoms with Crippen LogP contribution in [0, 0.1) is 0 Å². The Bertz CT molecular complexity index is 1660. The molecule has 6 rings (SSSR count). The Morgan fingerprint density at radius 3 is 1.71 bits per heavy atom. The van der Waals surface area contributed by atoms with Gasteiger partial charge in [0.2, 0.25) is 5.12 Å². The molecular weight excluding hydrogens is 726 g/mol. The molecule has 0 amide bonds. The molecule has 1 N–H and O–H groups in total. The number of benzene rings is 4. The predicted octanol–water partition coefficient (Wildman–Crippen LogP) is -6.02. The number of carbonyl (C=O) groups is 6. The number of thiocarbonyl (C=S) groups is 1. The number of fused-ring (bicyclic) bond motifs is 6. The van der Waals surface area contributed by atoms with Crippen LogP contribution in [0.5, 0.6) is 0 Å². The van der Waals surface area contributed by atoms with Crippen LogP contribution < -0.4 is 98.9 Å². The minimum atomic E-state index is -1.53. The largest absolute Gasteiger partial charge is 1.00 e. The second-order valence-corrected chi connectivity index (χ2v) is 11.6. The van der Waals surface area contributed by atoms with Gasteiger partial charge in [0.05, 0.1) is 18.4 Å². The van der Waals surface area contributed by atoms with Crippen LogP contribution in [0.3, 0.4) is 0 Å². The van der Waals surface area contributed by atoms with Crippen molar-refractivity contribution in [3.05, 3.63) is 120 Å². The maximum absolute atomic E-state index is 11.9. The van der Waals surface area contributed by atoms with Gasteiger partial charge in [-0.3, -0.25) is 19.2 Å². The fourth-order valence-electron chi connectivity index (χ4n) is 3.51. The van der Waals surface area contributed by atoms with Crippen molar-refractivity contribution in [2.24, 2.45) is 0 Å². The normalized spacial score (nSPS) is 12.7. The summed E-state index contributed by atoms with van der Waals surface area (Å²) in [4.78, 5) is 65.9. The third kappa shape index (κ3) is 16.5. The van der Waals surface area contributed by atoms with Crippen molar-refractivity contribution in [1.29, 1.82) is 0 Å². The van der Waals surface area contributed by atoms with E-state index in [-0.39, 0.29) is 105 Å². The fourth-order valence-corrected chi connectivity index (χ4v) is 4.72. The predicted molar refractivity (Wildman–Crippen MR) is 176 cm³/mol. The first-order valence-corrected chi connectivity index (χ1v) is 14.9. The molecule has 0 aromatic heterocycles. The molecule has 9 nitrogen and oxygen atoms in total. The molecule has 232 valence electrons. The first-order chi connectivity index (χ1) is 21.3. The molecular formula is C32H23Na3O9S4. The van der Waals surface area contributed by atoms with Gasteiger partial charge in [-0.2, -0.15) is 12.6 Å². The zero-order valence-corrected chi connectivity index (χ0v) is 35.4. The quantitative estimate of drug-likeness (QED) is 0.0480. The SMILES string of the molecule is O=C(O)CC(=S)[S-].O=C([O-])C(S)C(=O)c1cccc2ccccc12.O=C1SC(C(=O)[O-])C(=O)c2ccc1cc2.[Na+].[Na+].[Na+].c1ccccc1. The zero-order chi connectivity index (χ0) is 33.5. The Balaban J connectivity index is 0. The molecule has 0 saturated carbocycles. The number of thioether (sulfide) groups is 1. The summed E-state index contributed by atoms with van der Waals surface area (Å²) < 4.78 is 0.104. The number of rotatable bonds is 6. The minimum absolute atomic E-state index is 0. The smallest absolute Gasteiger partial charge is 0.548 e. The van der Waals surface area contributed by atoms with Gasteiger partial charge in [-0.15, -0.1) is 4.20 Å². The van der Waals surface area contributed by atoms with E-state index < -0.39 is 45.1 Å². The van der Waals surface area contributed by atoms with Gasteiger partial charge >= 0.3 is 94.6 Å². The number of thiol groups is 1. The summed E-state index contributed by atoms with van der Waals surface area (Å²) in [6.45, 7) is 0. The van der Waals surface area contributed by atoms with Crippen molar-refractivity contribution < 1.29 is 133 Å². The maximum Gasteiger partial charge on any atom is 1.00 e. The summed E-state index contributed by atoms with van der Waals surface area (Å²) in [5.41, 5.74) is 1.03. The third-order valence-electron chi connectivity index (χ3n) is 5.57. The number of carboxylic acid groups (broad SMARTS) is 3. The Morgan fingerprint density at radius 1 is 0.792 bits per heavy atom. The van der Waals surface area contributed by atoms with Gasteiger partial charge in [-0.25, -0.2) is 0 Å². The van der Waals surface area contributed by atoms with Gasteiger partial charge in [-0.05, 0) is 22.9 Å². The molecule has 2 bridgehead atoms. The van der Waals surface area contributed by atoms with Crippen molar-refractivity contribution in [1.82, 2.24) is 0 Å². The molecule has 0 saturated heterocycles.